The molecule has 128 valence electrons. The summed E-state index contributed by atoms with van der Waals surface area (Å²) >= 11 is 0. The molecule has 1 N–H and O–H groups in total. The van der Waals surface area contributed by atoms with Crippen LogP contribution in [0.2, 0.25) is 0 Å². The number of nitrogens with one attached hydrogen (secondary N) is 1. The molecule has 23 heavy (non-hydrogen) atoms. The second-order valence-electron chi connectivity index (χ2n) is 7.75. The van der Waals surface area contributed by atoms with Crippen LogP contribution < -0.4 is 10.1 Å². The molecule has 1 amide bonds. The van der Waals surface area contributed by atoms with Gasteiger partial charge < -0.3 is 10.1 Å². The van der Waals surface area contributed by atoms with Crippen LogP contribution in [0.4, 0.5) is 0 Å². The highest BCUT2D eigenvalue weighted by Crippen LogP contribution is 2.37. The summed E-state index contributed by atoms with van der Waals surface area (Å²) in [5.74, 6) is 1.54. The number of para-hydroxylation sites is 1. The van der Waals surface area contributed by atoms with E-state index in [1.54, 1.807) is 0 Å². The second kappa shape index (κ2) is 7.85. The lowest BCUT2D eigenvalue weighted by atomic mass is 9.71. The Morgan fingerprint density at radius 2 is 1.78 bits per heavy atom. The van der Waals surface area contributed by atoms with E-state index in [4.69, 9.17) is 4.74 Å². The zero-order valence-corrected chi connectivity index (χ0v) is 15.0. The van der Waals surface area contributed by atoms with E-state index in [9.17, 15) is 4.79 Å². The van der Waals surface area contributed by atoms with Crippen molar-refractivity contribution in [1.82, 2.24) is 5.32 Å². The molecule has 0 aromatic heterocycles. The minimum absolute atomic E-state index is 0.0237. The predicted octanol–water partition coefficient (Wildman–Crippen LogP) is 4.57. The second-order valence-corrected chi connectivity index (χ2v) is 7.75. The maximum Gasteiger partial charge on any atom is 0.261 e. The minimum atomic E-state index is -0.405. The van der Waals surface area contributed by atoms with E-state index in [0.717, 1.165) is 24.5 Å². The number of amides is 1. The third-order valence-electron chi connectivity index (χ3n) is 4.98. The number of hydrogen-bond donors (Lipinski definition) is 1. The summed E-state index contributed by atoms with van der Waals surface area (Å²) in [4.78, 5) is 12.5. The van der Waals surface area contributed by atoms with E-state index in [2.05, 4.69) is 26.1 Å². The molecule has 1 saturated carbocycles. The van der Waals surface area contributed by atoms with Crippen LogP contribution in [0.25, 0.3) is 0 Å². The molecule has 1 aliphatic carbocycles. The van der Waals surface area contributed by atoms with Gasteiger partial charge in [0.05, 0.1) is 0 Å². The first-order valence-electron chi connectivity index (χ1n) is 8.92. The molecular weight excluding hydrogens is 286 g/mol. The van der Waals surface area contributed by atoms with Crippen molar-refractivity contribution < 1.29 is 9.53 Å². The summed E-state index contributed by atoms with van der Waals surface area (Å²) in [6.07, 6.45) is 4.83. The molecule has 0 radical (unpaired) electrons. The number of carbonyl (C=O) groups excluding carboxylic acids is 1. The van der Waals surface area contributed by atoms with Crippen molar-refractivity contribution in [3.63, 3.8) is 0 Å². The van der Waals surface area contributed by atoms with Gasteiger partial charge >= 0.3 is 0 Å². The maximum atomic E-state index is 12.5. The molecule has 0 bridgehead atoms. The van der Waals surface area contributed by atoms with Crippen LogP contribution in [0.1, 0.15) is 59.8 Å². The van der Waals surface area contributed by atoms with Crippen LogP contribution in [0, 0.1) is 11.3 Å². The van der Waals surface area contributed by atoms with Crippen LogP contribution >= 0.6 is 0 Å². The van der Waals surface area contributed by atoms with Crippen molar-refractivity contribution in [3.05, 3.63) is 30.3 Å². The topological polar surface area (TPSA) is 38.3 Å². The number of ether oxygens (including phenoxy) is 1. The molecule has 3 heteroatoms. The lowest BCUT2D eigenvalue weighted by molar-refractivity contribution is -0.129. The molecule has 0 heterocycles. The van der Waals surface area contributed by atoms with Gasteiger partial charge in [0.1, 0.15) is 5.75 Å². The fourth-order valence-corrected chi connectivity index (χ4v) is 3.38. The molecule has 2 rings (SSSR count). The Morgan fingerprint density at radius 1 is 1.17 bits per heavy atom. The Labute approximate surface area is 140 Å². The van der Waals surface area contributed by atoms with Gasteiger partial charge in [-0.25, -0.2) is 0 Å². The molecular formula is C20H31NO2. The summed E-state index contributed by atoms with van der Waals surface area (Å²) in [5.41, 5.74) is 0.372. The summed E-state index contributed by atoms with van der Waals surface area (Å²) in [6.45, 7) is 8.94. The zero-order chi connectivity index (χ0) is 16.9. The summed E-state index contributed by atoms with van der Waals surface area (Å²) < 4.78 is 5.83. The third kappa shape index (κ3) is 5.26. The lowest BCUT2D eigenvalue weighted by Crippen LogP contribution is -2.45. The lowest BCUT2D eigenvalue weighted by Gasteiger charge is -2.37. The standard InChI is InChI=1S/C20H31NO2/c1-5-18(23-17-9-7-6-8-10-17)19(22)21-16-13-11-15(12-14-16)20(2,3)4/h6-10,15-16,18H,5,11-14H2,1-4H3,(H,21,22). The van der Waals surface area contributed by atoms with Gasteiger partial charge in [-0.1, -0.05) is 45.9 Å². The highest BCUT2D eigenvalue weighted by Gasteiger charge is 2.31. The molecule has 0 saturated heterocycles. The van der Waals surface area contributed by atoms with Crippen molar-refractivity contribution in [3.8, 4) is 5.75 Å². The van der Waals surface area contributed by atoms with Crippen LogP contribution in [-0.2, 0) is 4.79 Å². The van der Waals surface area contributed by atoms with Crippen LogP contribution in [0.5, 0.6) is 5.75 Å². The fraction of sp³-hybridized carbons (Fsp3) is 0.650. The van der Waals surface area contributed by atoms with Gasteiger partial charge in [0.25, 0.3) is 5.91 Å². The molecule has 1 aliphatic rings. The van der Waals surface area contributed by atoms with Gasteiger partial charge in [0.15, 0.2) is 6.10 Å². The zero-order valence-electron chi connectivity index (χ0n) is 15.0. The number of benzene rings is 1. The Bertz CT molecular complexity index is 484. The van der Waals surface area contributed by atoms with Gasteiger partial charge in [-0.15, -0.1) is 0 Å². The average molecular weight is 317 g/mol. The number of rotatable bonds is 5. The van der Waals surface area contributed by atoms with Crippen LogP contribution in [-0.4, -0.2) is 18.1 Å². The predicted molar refractivity (Wildman–Crippen MR) is 94.5 cm³/mol. The van der Waals surface area contributed by atoms with Gasteiger partial charge in [-0.2, -0.15) is 0 Å². The van der Waals surface area contributed by atoms with Crippen molar-refractivity contribution in [2.24, 2.45) is 11.3 Å². The molecule has 1 unspecified atom stereocenters. The normalized spacial score (nSPS) is 23.1. The highest BCUT2D eigenvalue weighted by molar-refractivity contribution is 5.81. The quantitative estimate of drug-likeness (QED) is 0.864. The third-order valence-corrected chi connectivity index (χ3v) is 4.98. The Hall–Kier alpha value is -1.51. The maximum absolute atomic E-state index is 12.5. The van der Waals surface area contributed by atoms with E-state index in [1.807, 2.05) is 37.3 Å². The van der Waals surface area contributed by atoms with Crippen molar-refractivity contribution in [1.29, 1.82) is 0 Å². The van der Waals surface area contributed by atoms with Gasteiger partial charge in [-0.3, -0.25) is 4.79 Å². The average Bonchev–Trinajstić information content (AvgIpc) is 2.53. The Kier molecular flexibility index (Phi) is 6.09. The first-order valence-corrected chi connectivity index (χ1v) is 8.92. The SMILES string of the molecule is CCC(Oc1ccccc1)C(=O)NC1CCC(C(C)(C)C)CC1. The largest absolute Gasteiger partial charge is 0.481 e. The molecule has 1 aromatic carbocycles. The van der Waals surface area contributed by atoms with Crippen LogP contribution in [0.3, 0.4) is 0 Å². The van der Waals surface area contributed by atoms with Crippen molar-refractivity contribution >= 4 is 5.91 Å². The minimum Gasteiger partial charge on any atom is -0.481 e. The molecule has 0 spiro atoms. The smallest absolute Gasteiger partial charge is 0.261 e. The first kappa shape index (κ1) is 17.8. The molecule has 1 aromatic rings. The molecule has 1 atom stereocenters. The van der Waals surface area contributed by atoms with E-state index >= 15 is 0 Å². The van der Waals surface area contributed by atoms with E-state index in [-0.39, 0.29) is 5.91 Å². The number of carbonyl (C=O) groups is 1. The summed E-state index contributed by atoms with van der Waals surface area (Å²) in [5, 5.41) is 3.20. The van der Waals surface area contributed by atoms with Crippen LogP contribution in [0.15, 0.2) is 30.3 Å². The highest BCUT2D eigenvalue weighted by atomic mass is 16.5. The van der Waals surface area contributed by atoms with E-state index in [1.165, 1.54) is 12.8 Å². The Balaban J connectivity index is 1.84. The molecule has 3 nitrogen and oxygen atoms in total. The van der Waals surface area contributed by atoms with Gasteiger partial charge in [0, 0.05) is 6.04 Å². The summed E-state index contributed by atoms with van der Waals surface area (Å²) in [6, 6.07) is 9.88. The molecule has 1 fully saturated rings. The summed E-state index contributed by atoms with van der Waals surface area (Å²) in [7, 11) is 0. The van der Waals surface area contributed by atoms with Crippen molar-refractivity contribution in [2.75, 3.05) is 0 Å². The van der Waals surface area contributed by atoms with Gasteiger partial charge in [0.2, 0.25) is 0 Å². The Morgan fingerprint density at radius 3 is 2.30 bits per heavy atom. The van der Waals surface area contributed by atoms with E-state index in [0.29, 0.717) is 17.9 Å². The monoisotopic (exact) mass is 317 g/mol. The van der Waals surface area contributed by atoms with Gasteiger partial charge in [-0.05, 0) is 55.6 Å². The van der Waals surface area contributed by atoms with E-state index < -0.39 is 6.10 Å². The molecule has 0 aliphatic heterocycles. The fourth-order valence-electron chi connectivity index (χ4n) is 3.38. The van der Waals surface area contributed by atoms with Crippen molar-refractivity contribution in [2.45, 2.75) is 71.9 Å². The number of hydrogen-bond acceptors (Lipinski definition) is 2. The first-order chi connectivity index (χ1) is 10.9.